The van der Waals surface area contributed by atoms with Crippen LogP contribution >= 0.6 is 0 Å². The van der Waals surface area contributed by atoms with Crippen LogP contribution in [0.3, 0.4) is 0 Å². The maximum Gasteiger partial charge on any atom is 0.338 e. The number of aliphatic hydroxyl groups is 2. The molecule has 552 valence electrons. The lowest BCUT2D eigenvalue weighted by molar-refractivity contribution is -0.360. The van der Waals surface area contributed by atoms with Gasteiger partial charge in [0.15, 0.2) is 51.0 Å². The number of hydrogen-bond donors (Lipinski definition) is 2. The van der Waals surface area contributed by atoms with E-state index in [1.807, 2.05) is 68.4 Å². The minimum atomic E-state index is -2.34. The van der Waals surface area contributed by atoms with Crippen molar-refractivity contribution >= 4 is 52.1 Å². The van der Waals surface area contributed by atoms with E-state index in [0.717, 1.165) is 36.3 Å². The van der Waals surface area contributed by atoms with Crippen LogP contribution in [0.1, 0.15) is 198 Å². The lowest BCUT2D eigenvalue weighted by Crippen LogP contribution is -2.82. The van der Waals surface area contributed by atoms with Crippen molar-refractivity contribution in [2.24, 2.45) is 33.5 Å². The first-order valence-corrected chi connectivity index (χ1v) is 42.0. The van der Waals surface area contributed by atoms with Crippen LogP contribution < -0.4 is 0 Å². The topological polar surface area (TPSA) is 254 Å². The van der Waals surface area contributed by atoms with Crippen molar-refractivity contribution in [3.63, 3.8) is 0 Å². The molecule has 20 nitrogen and oxygen atoms in total. The fraction of sp³-hybridized carbons (Fsp3) is 0.718. The van der Waals surface area contributed by atoms with E-state index in [-0.39, 0.29) is 44.0 Å². The maximum absolute atomic E-state index is 14.3. The Hall–Kier alpha value is -4.83. The van der Waals surface area contributed by atoms with E-state index in [4.69, 9.17) is 56.2 Å². The monoisotopic (exact) mass is 1420 g/mol. The predicted octanol–water partition coefficient (Wildman–Crippen LogP) is 12.6. The second-order valence-electron chi connectivity index (χ2n) is 32.9. The van der Waals surface area contributed by atoms with Gasteiger partial charge in [-0.3, -0.25) is 19.2 Å². The van der Waals surface area contributed by atoms with E-state index in [2.05, 4.69) is 55.4 Å². The normalized spacial score (nSPS) is 38.5. The van der Waals surface area contributed by atoms with Gasteiger partial charge in [0.2, 0.25) is 0 Å². The SMILES string of the molecule is CCCC(=O)O[C@@]12CO[C@@H]1C[C@H](O[Si](CC)(CC)CC)[C@@]1(C)[C@@H]3OC(C)(C)O[C@@H]3C3=C(C)C(=O)C[C@@](O)([C@@H](OC(=O)c4ccccc4)[C@H]21)C3(C)C.CC[Si](CC)(CC)O[C@H]1C[C@H]2OC[C@@]2(OC(C)=O)[C@H]2[C@H](OC(=O)c3ccccc3)[C@]3(O)CC(=O)C(C)=C([C@H]4OC(C)(C)O[C@H]4[C@]12C)C3(C)C. The first-order valence-electron chi connectivity index (χ1n) is 36.9. The van der Waals surface area contributed by atoms with Crippen molar-refractivity contribution in [2.45, 2.75) is 308 Å². The maximum atomic E-state index is 14.3. The summed E-state index contributed by atoms with van der Waals surface area (Å²) in [6.45, 7) is 39.0. The largest absolute Gasteiger partial charge is 0.455 e. The van der Waals surface area contributed by atoms with Gasteiger partial charge >= 0.3 is 23.9 Å². The van der Waals surface area contributed by atoms with Crippen molar-refractivity contribution in [3.05, 3.63) is 94.1 Å². The Morgan fingerprint density at radius 2 is 0.870 bits per heavy atom. The van der Waals surface area contributed by atoms with Crippen LogP contribution in [0.15, 0.2) is 83.0 Å². The molecule has 4 heterocycles. The minimum absolute atomic E-state index is 0.0231. The molecule has 18 atom stereocenters. The van der Waals surface area contributed by atoms with Gasteiger partial charge < -0.3 is 66.4 Å². The van der Waals surface area contributed by atoms with Crippen LogP contribution in [-0.2, 0) is 75.4 Å². The first kappa shape index (κ1) is 76.3. The van der Waals surface area contributed by atoms with Crippen molar-refractivity contribution < 1.29 is 95.2 Å². The summed E-state index contributed by atoms with van der Waals surface area (Å²) in [5.41, 5.74) is -8.13. The number of esters is 4. The molecule has 100 heavy (non-hydrogen) atoms. The minimum Gasteiger partial charge on any atom is -0.455 e. The second kappa shape index (κ2) is 26.6. The third-order valence-corrected chi connectivity index (χ3v) is 35.8. The molecule has 8 fully saturated rings. The molecule has 4 saturated carbocycles. The zero-order valence-corrected chi connectivity index (χ0v) is 64.8. The van der Waals surface area contributed by atoms with Crippen molar-refractivity contribution in [1.29, 1.82) is 0 Å². The number of rotatable bonds is 18. The molecule has 0 aromatic heterocycles. The quantitative estimate of drug-likeness (QED) is 0.0799. The Bertz CT molecular complexity index is 3540. The highest BCUT2D eigenvalue weighted by Crippen LogP contribution is 2.70. The Morgan fingerprint density at radius 1 is 0.520 bits per heavy atom. The predicted molar refractivity (Wildman–Crippen MR) is 375 cm³/mol. The number of benzene rings is 2. The summed E-state index contributed by atoms with van der Waals surface area (Å²) in [7, 11) is -4.66. The molecule has 0 unspecified atom stereocenters. The van der Waals surface area contributed by atoms with E-state index in [0.29, 0.717) is 52.7 Å². The van der Waals surface area contributed by atoms with Gasteiger partial charge in [0.25, 0.3) is 0 Å². The fourth-order valence-corrected chi connectivity index (χ4v) is 26.2. The molecule has 6 aliphatic carbocycles. The van der Waals surface area contributed by atoms with E-state index in [1.54, 1.807) is 68.4 Å². The van der Waals surface area contributed by atoms with Crippen LogP contribution in [0.4, 0.5) is 0 Å². The molecular weight excluding hydrogens is 1310 g/mol. The zero-order valence-electron chi connectivity index (χ0n) is 62.8. The number of fused-ring (bicyclic) bond motifs is 16. The van der Waals surface area contributed by atoms with Crippen LogP contribution in [0.2, 0.25) is 36.3 Å². The van der Waals surface area contributed by atoms with Gasteiger partial charge in [0, 0.05) is 60.7 Å². The Morgan fingerprint density at radius 3 is 1.18 bits per heavy atom. The van der Waals surface area contributed by atoms with Gasteiger partial charge in [-0.05, 0) is 131 Å². The van der Waals surface area contributed by atoms with Gasteiger partial charge in [0.1, 0.15) is 47.8 Å². The molecule has 0 amide bonds. The average Bonchev–Trinajstić information content (AvgIpc) is 1.07. The number of ether oxygens (including phenoxy) is 10. The molecule has 4 aliphatic heterocycles. The van der Waals surface area contributed by atoms with Gasteiger partial charge in [0.05, 0.1) is 60.6 Å². The molecule has 2 aromatic carbocycles. The molecule has 12 rings (SSSR count). The molecule has 4 saturated heterocycles. The second-order valence-corrected chi connectivity index (χ2v) is 42.3. The summed E-state index contributed by atoms with van der Waals surface area (Å²) in [6.07, 6.45) is -6.94. The standard InChI is InChI=1S/C40H58O10Si.C38H54O10Si/c1-11-18-29(42)47-39-23-45-28(39)21-27(50-51(12-2,13-3)14-4)38(10)32(39)34(46-35(43)25-19-16-15-17-20-25)40(44)22-26(41)24(5)30(36(40,6)7)31-33(38)49-37(8,9)48-31;1-11-49(12-2,13-3)48-26-19-27-37(21-43-27,45-23(5)39)30-32(44-33(41)24-17-15-14-16-18-24)38(42)20-25(40)22(4)28(34(38,6)7)29-31(36(26,30)10)47-35(8,9)46-29/h15-17,19-20,27-28,31-34,44H,11-14,18,21-23H2,1-10H3;14-18,26-27,29-32,42H,11-13,19-21H2,1-10H3/t27-,28+,31+,32-,33+,34-,38+,39-,40+;26-,27+,29+,30-,31+,32-,36+,37-,38+/m00/s1. The van der Waals surface area contributed by atoms with Gasteiger partial charge in [-0.25, -0.2) is 9.59 Å². The molecular formula is C78H112O20Si2. The summed E-state index contributed by atoms with van der Waals surface area (Å²) in [5, 5.41) is 26.9. The summed E-state index contributed by atoms with van der Waals surface area (Å²) in [4.78, 5) is 83.5. The first-order chi connectivity index (χ1) is 46.8. The van der Waals surface area contributed by atoms with Crippen molar-refractivity contribution in [3.8, 4) is 0 Å². The van der Waals surface area contributed by atoms with E-state index >= 15 is 0 Å². The highest BCUT2D eigenvalue weighted by molar-refractivity contribution is 6.74. The number of ketones is 2. The number of hydrogen-bond acceptors (Lipinski definition) is 20. The number of carbonyl (C=O) groups is 6. The van der Waals surface area contributed by atoms with E-state index in [9.17, 15) is 39.0 Å². The smallest absolute Gasteiger partial charge is 0.338 e. The van der Waals surface area contributed by atoms with Crippen molar-refractivity contribution in [1.82, 2.24) is 0 Å². The van der Waals surface area contributed by atoms with Crippen LogP contribution in [-0.4, -0.2) is 171 Å². The van der Waals surface area contributed by atoms with Crippen LogP contribution in [0.5, 0.6) is 0 Å². The summed E-state index contributed by atoms with van der Waals surface area (Å²) < 4.78 is 81.4. The number of carbonyl (C=O) groups excluding carboxylic acids is 6. The highest BCUT2D eigenvalue weighted by atomic mass is 28.4. The third-order valence-electron chi connectivity index (χ3n) is 26.5. The Kier molecular flexibility index (Phi) is 20.3. The van der Waals surface area contributed by atoms with E-state index in [1.165, 1.54) is 6.92 Å². The molecule has 22 heteroatoms. The molecule has 0 radical (unpaired) electrons. The number of Topliss-reactive ketones (excluding diaryl/α,β-unsaturated/α-hetero) is 2. The average molecular weight is 1430 g/mol. The van der Waals surface area contributed by atoms with E-state index < -0.39 is 169 Å². The van der Waals surface area contributed by atoms with Gasteiger partial charge in [-0.2, -0.15) is 0 Å². The molecule has 0 spiro atoms. The molecule has 10 aliphatic rings. The Labute approximate surface area is 593 Å². The van der Waals surface area contributed by atoms with Crippen molar-refractivity contribution in [2.75, 3.05) is 13.2 Å². The lowest BCUT2D eigenvalue weighted by Gasteiger charge is -2.69. The molecule has 4 bridgehead atoms. The molecule has 2 aromatic rings. The number of allylic oxidation sites excluding steroid dienone is 2. The Balaban J connectivity index is 0.000000202. The third kappa shape index (κ3) is 11.7. The van der Waals surface area contributed by atoms with Crippen LogP contribution in [0.25, 0.3) is 0 Å². The zero-order chi connectivity index (χ0) is 73.3. The summed E-state index contributed by atoms with van der Waals surface area (Å²) in [6, 6.07) is 22.6. The molecule has 2 N–H and O–H groups in total. The summed E-state index contributed by atoms with van der Waals surface area (Å²) in [5.74, 6) is -6.76. The summed E-state index contributed by atoms with van der Waals surface area (Å²) >= 11 is 0. The lowest BCUT2D eigenvalue weighted by atomic mass is 9.44. The fourth-order valence-electron chi connectivity index (χ4n) is 20.3. The van der Waals surface area contributed by atoms with Crippen LogP contribution in [0, 0.1) is 33.5 Å². The van der Waals surface area contributed by atoms with Gasteiger partial charge in [-0.1, -0.05) is 126 Å². The highest BCUT2D eigenvalue weighted by Gasteiger charge is 2.82. The van der Waals surface area contributed by atoms with Gasteiger partial charge in [-0.15, -0.1) is 0 Å².